The van der Waals surface area contributed by atoms with Crippen LogP contribution in [0.1, 0.15) is 60.3 Å². The Hall–Kier alpha value is -1.32. The third kappa shape index (κ3) is 1.76. The van der Waals surface area contributed by atoms with Crippen LogP contribution in [0.5, 0.6) is 0 Å². The van der Waals surface area contributed by atoms with Gasteiger partial charge in [-0.2, -0.15) is 0 Å². The van der Waals surface area contributed by atoms with Crippen LogP contribution in [0, 0.1) is 0 Å². The molecule has 1 N–H and O–H groups in total. The van der Waals surface area contributed by atoms with Crippen molar-refractivity contribution >= 4 is 5.97 Å². The molecule has 0 amide bonds. The van der Waals surface area contributed by atoms with E-state index in [0.717, 1.165) is 25.7 Å². The van der Waals surface area contributed by atoms with Gasteiger partial charge < -0.3 is 9.63 Å². The maximum Gasteiger partial charge on any atom is 0.341 e. The molecular formula is C11H15NO3. The fraction of sp³-hybridized carbons (Fsp3) is 0.636. The Kier molecular flexibility index (Phi) is 2.75. The zero-order valence-electron chi connectivity index (χ0n) is 8.82. The van der Waals surface area contributed by atoms with Gasteiger partial charge in [0.25, 0.3) is 0 Å². The molecule has 1 aliphatic rings. The van der Waals surface area contributed by atoms with E-state index in [0.29, 0.717) is 23.4 Å². The SMILES string of the molecule is CCc1noc(C2CCCC2)c1C(=O)O. The second kappa shape index (κ2) is 4.04. The summed E-state index contributed by atoms with van der Waals surface area (Å²) in [6.45, 7) is 1.89. The highest BCUT2D eigenvalue weighted by atomic mass is 16.5. The lowest BCUT2D eigenvalue weighted by atomic mass is 9.99. The van der Waals surface area contributed by atoms with Gasteiger partial charge in [-0.3, -0.25) is 0 Å². The van der Waals surface area contributed by atoms with Gasteiger partial charge in [-0.05, 0) is 19.3 Å². The van der Waals surface area contributed by atoms with Crippen molar-refractivity contribution < 1.29 is 14.4 Å². The number of nitrogens with zero attached hydrogens (tertiary/aromatic N) is 1. The summed E-state index contributed by atoms with van der Waals surface area (Å²) in [6.07, 6.45) is 4.98. The van der Waals surface area contributed by atoms with Gasteiger partial charge in [0, 0.05) is 5.92 Å². The average Bonchev–Trinajstić information content (AvgIpc) is 2.85. The van der Waals surface area contributed by atoms with Gasteiger partial charge in [-0.15, -0.1) is 0 Å². The van der Waals surface area contributed by atoms with Gasteiger partial charge in [-0.25, -0.2) is 4.79 Å². The van der Waals surface area contributed by atoms with Gasteiger partial charge in [0.2, 0.25) is 0 Å². The summed E-state index contributed by atoms with van der Waals surface area (Å²) in [7, 11) is 0. The van der Waals surface area contributed by atoms with E-state index in [2.05, 4.69) is 5.16 Å². The summed E-state index contributed by atoms with van der Waals surface area (Å²) < 4.78 is 5.20. The first-order valence-electron chi connectivity index (χ1n) is 5.45. The number of carbonyl (C=O) groups is 1. The number of carboxylic acids is 1. The molecule has 4 nitrogen and oxygen atoms in total. The van der Waals surface area contributed by atoms with Crippen LogP contribution in [0.15, 0.2) is 4.52 Å². The summed E-state index contributed by atoms with van der Waals surface area (Å²) in [4.78, 5) is 11.1. The highest BCUT2D eigenvalue weighted by molar-refractivity contribution is 5.90. The number of aromatic nitrogens is 1. The highest BCUT2D eigenvalue weighted by Gasteiger charge is 2.29. The minimum atomic E-state index is -0.907. The monoisotopic (exact) mass is 209 g/mol. The molecule has 1 heterocycles. The van der Waals surface area contributed by atoms with Crippen molar-refractivity contribution in [2.75, 3.05) is 0 Å². The molecule has 1 saturated carbocycles. The maximum atomic E-state index is 11.1. The highest BCUT2D eigenvalue weighted by Crippen LogP contribution is 2.36. The van der Waals surface area contributed by atoms with Gasteiger partial charge in [-0.1, -0.05) is 24.9 Å². The Bertz CT molecular complexity index is 364. The number of aromatic carboxylic acids is 1. The van der Waals surface area contributed by atoms with Gasteiger partial charge in [0.05, 0.1) is 5.69 Å². The number of hydrogen-bond acceptors (Lipinski definition) is 3. The third-order valence-electron chi connectivity index (χ3n) is 3.06. The van der Waals surface area contributed by atoms with Crippen molar-refractivity contribution in [1.29, 1.82) is 0 Å². The molecule has 0 aromatic carbocycles. The lowest BCUT2D eigenvalue weighted by Gasteiger charge is -2.04. The number of hydrogen-bond donors (Lipinski definition) is 1. The Morgan fingerprint density at radius 1 is 1.53 bits per heavy atom. The molecule has 0 atom stereocenters. The zero-order chi connectivity index (χ0) is 10.8. The van der Waals surface area contributed by atoms with Gasteiger partial charge in [0.15, 0.2) is 5.76 Å². The molecule has 1 aromatic rings. The van der Waals surface area contributed by atoms with Crippen molar-refractivity contribution in [1.82, 2.24) is 5.16 Å². The van der Waals surface area contributed by atoms with Crippen molar-refractivity contribution in [3.05, 3.63) is 17.0 Å². The van der Waals surface area contributed by atoms with Crippen molar-refractivity contribution in [3.63, 3.8) is 0 Å². The smallest absolute Gasteiger partial charge is 0.341 e. The molecule has 4 heteroatoms. The van der Waals surface area contributed by atoms with Gasteiger partial charge >= 0.3 is 5.97 Å². The molecule has 1 fully saturated rings. The van der Waals surface area contributed by atoms with E-state index in [9.17, 15) is 4.79 Å². The van der Waals surface area contributed by atoms with Crippen molar-refractivity contribution in [2.24, 2.45) is 0 Å². The minimum absolute atomic E-state index is 0.267. The summed E-state index contributed by atoms with van der Waals surface area (Å²) in [5, 5.41) is 13.0. The largest absolute Gasteiger partial charge is 0.477 e. The lowest BCUT2D eigenvalue weighted by molar-refractivity contribution is 0.0692. The van der Waals surface area contributed by atoms with E-state index in [1.54, 1.807) is 0 Å². The summed E-state index contributed by atoms with van der Waals surface area (Å²) in [6, 6.07) is 0. The molecular weight excluding hydrogens is 194 g/mol. The van der Waals surface area contributed by atoms with E-state index in [1.807, 2.05) is 6.92 Å². The zero-order valence-corrected chi connectivity index (χ0v) is 8.82. The lowest BCUT2D eigenvalue weighted by Crippen LogP contribution is -2.05. The Balaban J connectivity index is 2.37. The molecule has 82 valence electrons. The summed E-state index contributed by atoms with van der Waals surface area (Å²) >= 11 is 0. The number of carboxylic acid groups (broad SMARTS) is 1. The van der Waals surface area contributed by atoms with Crippen LogP contribution >= 0.6 is 0 Å². The van der Waals surface area contributed by atoms with Gasteiger partial charge in [0.1, 0.15) is 5.56 Å². The van der Waals surface area contributed by atoms with E-state index in [-0.39, 0.29) is 5.92 Å². The van der Waals surface area contributed by atoms with Crippen LogP contribution in [0.2, 0.25) is 0 Å². The molecule has 1 aliphatic carbocycles. The molecule has 15 heavy (non-hydrogen) atoms. The second-order valence-electron chi connectivity index (χ2n) is 4.01. The third-order valence-corrected chi connectivity index (χ3v) is 3.06. The second-order valence-corrected chi connectivity index (χ2v) is 4.01. The van der Waals surface area contributed by atoms with Crippen LogP contribution in [-0.4, -0.2) is 16.2 Å². The van der Waals surface area contributed by atoms with E-state index >= 15 is 0 Å². The standard InChI is InChI=1S/C11H15NO3/c1-2-8-9(11(13)14)10(15-12-8)7-5-3-4-6-7/h7H,2-6H2,1H3,(H,13,14). The molecule has 0 spiro atoms. The van der Waals surface area contributed by atoms with Crippen LogP contribution in [-0.2, 0) is 6.42 Å². The fourth-order valence-corrected chi connectivity index (χ4v) is 2.27. The predicted molar refractivity (Wildman–Crippen MR) is 54.0 cm³/mol. The molecule has 1 aromatic heterocycles. The van der Waals surface area contributed by atoms with Crippen LogP contribution in [0.4, 0.5) is 0 Å². The Labute approximate surface area is 88.3 Å². The molecule has 2 rings (SSSR count). The predicted octanol–water partition coefficient (Wildman–Crippen LogP) is 2.59. The first kappa shape index (κ1) is 10.2. The molecule has 0 radical (unpaired) electrons. The molecule has 0 aliphatic heterocycles. The topological polar surface area (TPSA) is 63.3 Å². The van der Waals surface area contributed by atoms with Crippen molar-refractivity contribution in [3.8, 4) is 0 Å². The first-order chi connectivity index (χ1) is 7.24. The first-order valence-corrected chi connectivity index (χ1v) is 5.45. The minimum Gasteiger partial charge on any atom is -0.477 e. The van der Waals surface area contributed by atoms with Crippen LogP contribution < -0.4 is 0 Å². The Morgan fingerprint density at radius 3 is 2.73 bits per heavy atom. The Morgan fingerprint density at radius 2 is 2.20 bits per heavy atom. The number of rotatable bonds is 3. The fourth-order valence-electron chi connectivity index (χ4n) is 2.27. The molecule has 0 unspecified atom stereocenters. The van der Waals surface area contributed by atoms with E-state index in [1.165, 1.54) is 0 Å². The summed E-state index contributed by atoms with van der Waals surface area (Å²) in [5.74, 6) is -0.0456. The maximum absolute atomic E-state index is 11.1. The van der Waals surface area contributed by atoms with E-state index < -0.39 is 5.97 Å². The van der Waals surface area contributed by atoms with Crippen molar-refractivity contribution in [2.45, 2.75) is 44.9 Å². The summed E-state index contributed by atoms with van der Waals surface area (Å²) in [5.41, 5.74) is 0.883. The molecule has 0 saturated heterocycles. The number of aryl methyl sites for hydroxylation is 1. The molecule has 0 bridgehead atoms. The van der Waals surface area contributed by atoms with E-state index in [4.69, 9.17) is 9.63 Å². The van der Waals surface area contributed by atoms with Crippen LogP contribution in [0.25, 0.3) is 0 Å². The average molecular weight is 209 g/mol. The quantitative estimate of drug-likeness (QED) is 0.831. The van der Waals surface area contributed by atoms with Crippen LogP contribution in [0.3, 0.4) is 0 Å². The normalized spacial score (nSPS) is 17.1.